The van der Waals surface area contributed by atoms with Crippen LogP contribution in [0.5, 0.6) is 0 Å². The Morgan fingerprint density at radius 2 is 2.14 bits per heavy atom. The van der Waals surface area contributed by atoms with Gasteiger partial charge in [-0.05, 0) is 38.8 Å². The van der Waals surface area contributed by atoms with E-state index in [0.717, 1.165) is 25.0 Å². The maximum absolute atomic E-state index is 8.81. The number of hydrogen-bond donors (Lipinski definition) is 1. The van der Waals surface area contributed by atoms with E-state index in [0.29, 0.717) is 0 Å². The molecular weight excluding hydrogens is 176 g/mol. The molecule has 0 amide bonds. The van der Waals surface area contributed by atoms with Crippen LogP contribution in [0.2, 0.25) is 0 Å². The summed E-state index contributed by atoms with van der Waals surface area (Å²) in [5, 5.41) is 8.81. The largest absolute Gasteiger partial charge is 0.395 e. The Morgan fingerprint density at radius 3 is 2.79 bits per heavy atom. The molecule has 82 valence electrons. The summed E-state index contributed by atoms with van der Waals surface area (Å²) in [5.41, 5.74) is 0. The van der Waals surface area contributed by atoms with Gasteiger partial charge in [0.15, 0.2) is 0 Å². The molecule has 14 heavy (non-hydrogen) atoms. The van der Waals surface area contributed by atoms with Gasteiger partial charge in [0.2, 0.25) is 0 Å². The van der Waals surface area contributed by atoms with Gasteiger partial charge in [0.1, 0.15) is 0 Å². The summed E-state index contributed by atoms with van der Waals surface area (Å²) in [4.78, 5) is 4.90. The average Bonchev–Trinajstić information content (AvgIpc) is 2.89. The maximum atomic E-state index is 8.81. The fraction of sp³-hybridized carbons (Fsp3) is 1.00. The average molecular weight is 198 g/mol. The van der Waals surface area contributed by atoms with E-state index in [1.807, 2.05) is 0 Å². The Hall–Kier alpha value is -0.120. The topological polar surface area (TPSA) is 26.7 Å². The molecule has 0 bridgehead atoms. The van der Waals surface area contributed by atoms with Crippen LogP contribution in [0, 0.1) is 5.92 Å². The van der Waals surface area contributed by atoms with Crippen molar-refractivity contribution in [2.75, 3.05) is 39.8 Å². The third-order valence-electron chi connectivity index (χ3n) is 3.43. The van der Waals surface area contributed by atoms with Crippen molar-refractivity contribution in [3.05, 3.63) is 0 Å². The molecule has 1 saturated heterocycles. The smallest absolute Gasteiger partial charge is 0.0558 e. The molecular formula is C11H22N2O. The van der Waals surface area contributed by atoms with Crippen molar-refractivity contribution in [3.8, 4) is 0 Å². The molecule has 1 heterocycles. The van der Waals surface area contributed by atoms with Gasteiger partial charge < -0.3 is 14.9 Å². The minimum atomic E-state index is 0.287. The van der Waals surface area contributed by atoms with Crippen LogP contribution in [0.25, 0.3) is 0 Å². The molecule has 1 atom stereocenters. The van der Waals surface area contributed by atoms with Crippen molar-refractivity contribution in [1.82, 2.24) is 9.80 Å². The Balaban J connectivity index is 1.67. The van der Waals surface area contributed by atoms with Gasteiger partial charge in [-0.25, -0.2) is 0 Å². The van der Waals surface area contributed by atoms with E-state index >= 15 is 0 Å². The molecule has 2 rings (SSSR count). The lowest BCUT2D eigenvalue weighted by molar-refractivity contribution is 0.200. The minimum Gasteiger partial charge on any atom is -0.395 e. The first-order valence-corrected chi connectivity index (χ1v) is 5.83. The SMILES string of the molecule is CN(CCO)CC1CCN(C2CC2)C1. The highest BCUT2D eigenvalue weighted by atomic mass is 16.3. The van der Waals surface area contributed by atoms with Crippen molar-refractivity contribution >= 4 is 0 Å². The molecule has 1 unspecified atom stereocenters. The van der Waals surface area contributed by atoms with Gasteiger partial charge >= 0.3 is 0 Å². The predicted octanol–water partition coefficient (Wildman–Crippen LogP) is 0.395. The van der Waals surface area contributed by atoms with E-state index in [-0.39, 0.29) is 6.61 Å². The van der Waals surface area contributed by atoms with E-state index in [9.17, 15) is 0 Å². The van der Waals surface area contributed by atoms with Gasteiger partial charge in [0, 0.05) is 25.7 Å². The van der Waals surface area contributed by atoms with Gasteiger partial charge in [-0.2, -0.15) is 0 Å². The lowest BCUT2D eigenvalue weighted by atomic mass is 10.1. The monoisotopic (exact) mass is 198 g/mol. The molecule has 0 aromatic rings. The zero-order valence-corrected chi connectivity index (χ0v) is 9.15. The van der Waals surface area contributed by atoms with Crippen LogP contribution < -0.4 is 0 Å². The normalized spacial score (nSPS) is 28.9. The Bertz CT molecular complexity index is 182. The standard InChI is InChI=1S/C11H22N2O/c1-12(6-7-14)8-10-4-5-13(9-10)11-2-3-11/h10-11,14H,2-9H2,1H3. The van der Waals surface area contributed by atoms with Crippen molar-refractivity contribution in [2.45, 2.75) is 25.3 Å². The fourth-order valence-electron chi connectivity index (χ4n) is 2.49. The summed E-state index contributed by atoms with van der Waals surface area (Å²) in [6, 6.07) is 0.933. The fourth-order valence-corrected chi connectivity index (χ4v) is 2.49. The van der Waals surface area contributed by atoms with Gasteiger partial charge in [-0.3, -0.25) is 0 Å². The van der Waals surface area contributed by atoms with Crippen LogP contribution in [0.15, 0.2) is 0 Å². The summed E-state index contributed by atoms with van der Waals surface area (Å²) < 4.78 is 0. The van der Waals surface area contributed by atoms with E-state index in [2.05, 4.69) is 16.8 Å². The zero-order chi connectivity index (χ0) is 9.97. The molecule has 0 radical (unpaired) electrons. The summed E-state index contributed by atoms with van der Waals surface area (Å²) in [5.74, 6) is 0.840. The van der Waals surface area contributed by atoms with Crippen molar-refractivity contribution in [2.24, 2.45) is 5.92 Å². The highest BCUT2D eigenvalue weighted by molar-refractivity contribution is 4.89. The number of nitrogens with zero attached hydrogens (tertiary/aromatic N) is 2. The van der Waals surface area contributed by atoms with Crippen molar-refractivity contribution in [1.29, 1.82) is 0 Å². The number of aliphatic hydroxyl groups excluding tert-OH is 1. The molecule has 2 aliphatic rings. The van der Waals surface area contributed by atoms with E-state index < -0.39 is 0 Å². The minimum absolute atomic E-state index is 0.287. The maximum Gasteiger partial charge on any atom is 0.0558 e. The van der Waals surface area contributed by atoms with E-state index in [1.165, 1.54) is 32.4 Å². The molecule has 0 aromatic carbocycles. The second-order valence-corrected chi connectivity index (χ2v) is 4.87. The van der Waals surface area contributed by atoms with Crippen molar-refractivity contribution < 1.29 is 5.11 Å². The molecule has 1 aliphatic heterocycles. The number of hydrogen-bond acceptors (Lipinski definition) is 3. The number of aliphatic hydroxyl groups is 1. The number of likely N-dealkylation sites (N-methyl/N-ethyl adjacent to an activating group) is 1. The first-order valence-electron chi connectivity index (χ1n) is 5.83. The van der Waals surface area contributed by atoms with Gasteiger partial charge in [0.25, 0.3) is 0 Å². The van der Waals surface area contributed by atoms with Gasteiger partial charge in [-0.15, -0.1) is 0 Å². The van der Waals surface area contributed by atoms with Crippen molar-refractivity contribution in [3.63, 3.8) is 0 Å². The molecule has 1 N–H and O–H groups in total. The molecule has 1 aliphatic carbocycles. The van der Waals surface area contributed by atoms with Crippen LogP contribution in [0.4, 0.5) is 0 Å². The zero-order valence-electron chi connectivity index (χ0n) is 9.15. The first-order chi connectivity index (χ1) is 6.79. The molecule has 1 saturated carbocycles. The highest BCUT2D eigenvalue weighted by Crippen LogP contribution is 2.31. The van der Waals surface area contributed by atoms with E-state index in [1.54, 1.807) is 0 Å². The van der Waals surface area contributed by atoms with Crippen LogP contribution in [-0.4, -0.2) is 60.8 Å². The Kier molecular flexibility index (Phi) is 3.42. The quantitative estimate of drug-likeness (QED) is 0.692. The number of likely N-dealkylation sites (tertiary alicyclic amines) is 1. The molecule has 2 fully saturated rings. The molecule has 0 aromatic heterocycles. The number of rotatable bonds is 5. The lowest BCUT2D eigenvalue weighted by Gasteiger charge is -2.20. The second kappa shape index (κ2) is 4.60. The lowest BCUT2D eigenvalue weighted by Crippen LogP contribution is -2.30. The van der Waals surface area contributed by atoms with E-state index in [4.69, 9.17) is 5.11 Å². The predicted molar refractivity (Wildman–Crippen MR) is 57.3 cm³/mol. The summed E-state index contributed by atoms with van der Waals surface area (Å²) in [6.07, 6.45) is 4.21. The van der Waals surface area contributed by atoms with Crippen LogP contribution >= 0.6 is 0 Å². The van der Waals surface area contributed by atoms with Crippen LogP contribution in [0.1, 0.15) is 19.3 Å². The molecule has 3 heteroatoms. The molecule has 0 spiro atoms. The summed E-state index contributed by atoms with van der Waals surface area (Å²) in [7, 11) is 2.11. The van der Waals surface area contributed by atoms with Gasteiger partial charge in [-0.1, -0.05) is 0 Å². The Labute approximate surface area is 86.7 Å². The van der Waals surface area contributed by atoms with Gasteiger partial charge in [0.05, 0.1) is 6.61 Å². The third-order valence-corrected chi connectivity index (χ3v) is 3.43. The second-order valence-electron chi connectivity index (χ2n) is 4.87. The summed E-state index contributed by atoms with van der Waals surface area (Å²) >= 11 is 0. The Morgan fingerprint density at radius 1 is 1.36 bits per heavy atom. The molecule has 3 nitrogen and oxygen atoms in total. The highest BCUT2D eigenvalue weighted by Gasteiger charge is 2.34. The summed E-state index contributed by atoms with van der Waals surface area (Å²) in [6.45, 7) is 4.86. The van der Waals surface area contributed by atoms with Crippen LogP contribution in [0.3, 0.4) is 0 Å². The third kappa shape index (κ3) is 2.69. The first kappa shape index (κ1) is 10.4. The van der Waals surface area contributed by atoms with Crippen LogP contribution in [-0.2, 0) is 0 Å².